The molecule has 3 rings (SSSR count). The summed E-state index contributed by atoms with van der Waals surface area (Å²) in [6.07, 6.45) is 2.75. The highest BCUT2D eigenvalue weighted by atomic mass is 79.9. The number of benzene rings is 1. The number of rotatable bonds is 6. The number of nitrogens with zero attached hydrogens (tertiary/aromatic N) is 1. The third-order valence-electron chi connectivity index (χ3n) is 3.60. The van der Waals surface area contributed by atoms with Crippen LogP contribution in [0.3, 0.4) is 0 Å². The summed E-state index contributed by atoms with van der Waals surface area (Å²) < 4.78 is 1.51. The summed E-state index contributed by atoms with van der Waals surface area (Å²) in [7, 11) is 0. The Labute approximate surface area is 173 Å². The van der Waals surface area contributed by atoms with Gasteiger partial charge in [-0.3, -0.25) is 14.5 Å². The minimum Gasteiger partial charge on any atom is -0.326 e. The first-order valence-corrected chi connectivity index (χ1v) is 10.8. The van der Waals surface area contributed by atoms with Gasteiger partial charge in [-0.05, 0) is 48.2 Å². The maximum absolute atomic E-state index is 12.5. The fourth-order valence-electron chi connectivity index (χ4n) is 2.35. The van der Waals surface area contributed by atoms with E-state index in [1.54, 1.807) is 16.2 Å². The molecule has 1 aromatic carbocycles. The smallest absolute Gasteiger partial charge is 0.266 e. The number of anilines is 1. The summed E-state index contributed by atoms with van der Waals surface area (Å²) in [5, 5.41) is 4.81. The summed E-state index contributed by atoms with van der Waals surface area (Å²) in [5.74, 6) is -0.159. The number of hydrogen-bond donors (Lipinski definition) is 1. The fraction of sp³-hybridized carbons (Fsp3) is 0.167. The van der Waals surface area contributed by atoms with Crippen LogP contribution in [0.5, 0.6) is 0 Å². The standard InChI is InChI=1S/C18H15BrN2O2S3/c19-12-5-7-13(8-6-12)20-16(22)4-1-9-21-17(23)15(26-18(21)24)11-14-3-2-10-25-14/h2-3,5-8,10-11H,1,4,9H2,(H,20,22)/b15-11+. The Balaban J connectivity index is 1.50. The van der Waals surface area contributed by atoms with Crippen LogP contribution in [0, 0.1) is 0 Å². The minimum atomic E-state index is -0.0817. The summed E-state index contributed by atoms with van der Waals surface area (Å²) in [5.41, 5.74) is 0.752. The van der Waals surface area contributed by atoms with Crippen molar-refractivity contribution in [2.24, 2.45) is 0 Å². The summed E-state index contributed by atoms with van der Waals surface area (Å²) in [4.78, 5) is 27.8. The number of thioether (sulfide) groups is 1. The van der Waals surface area contributed by atoms with E-state index in [2.05, 4.69) is 21.2 Å². The number of carbonyl (C=O) groups excluding carboxylic acids is 2. The van der Waals surface area contributed by atoms with Gasteiger partial charge in [-0.25, -0.2) is 0 Å². The normalized spacial score (nSPS) is 15.7. The molecule has 0 atom stereocenters. The maximum Gasteiger partial charge on any atom is 0.266 e. The number of amides is 2. The van der Waals surface area contributed by atoms with Crippen molar-refractivity contribution in [3.05, 3.63) is 56.0 Å². The first kappa shape index (κ1) is 19.3. The van der Waals surface area contributed by atoms with Crippen LogP contribution in [0.15, 0.2) is 51.2 Å². The molecule has 26 heavy (non-hydrogen) atoms. The van der Waals surface area contributed by atoms with Gasteiger partial charge in [-0.1, -0.05) is 46.0 Å². The monoisotopic (exact) mass is 466 g/mol. The van der Waals surface area contributed by atoms with Crippen LogP contribution in [-0.2, 0) is 9.59 Å². The van der Waals surface area contributed by atoms with E-state index in [0.717, 1.165) is 15.0 Å². The molecule has 134 valence electrons. The van der Waals surface area contributed by atoms with E-state index in [0.29, 0.717) is 28.6 Å². The second-order valence-electron chi connectivity index (χ2n) is 5.51. The van der Waals surface area contributed by atoms with Gasteiger partial charge in [0, 0.05) is 28.0 Å². The van der Waals surface area contributed by atoms with Gasteiger partial charge in [0.15, 0.2) is 0 Å². The van der Waals surface area contributed by atoms with Crippen LogP contribution in [-0.4, -0.2) is 27.6 Å². The van der Waals surface area contributed by atoms with Gasteiger partial charge < -0.3 is 5.32 Å². The summed E-state index contributed by atoms with van der Waals surface area (Å²) in [6.45, 7) is 0.445. The van der Waals surface area contributed by atoms with Crippen LogP contribution in [0.1, 0.15) is 17.7 Å². The molecule has 1 N–H and O–H groups in total. The second kappa shape index (κ2) is 8.94. The second-order valence-corrected chi connectivity index (χ2v) is 9.08. The van der Waals surface area contributed by atoms with Crippen molar-refractivity contribution >= 4 is 79.1 Å². The van der Waals surface area contributed by atoms with E-state index in [9.17, 15) is 9.59 Å². The van der Waals surface area contributed by atoms with Crippen molar-refractivity contribution in [3.63, 3.8) is 0 Å². The summed E-state index contributed by atoms with van der Waals surface area (Å²) >= 11 is 11.6. The number of halogens is 1. The van der Waals surface area contributed by atoms with Crippen molar-refractivity contribution in [1.82, 2.24) is 4.90 Å². The topological polar surface area (TPSA) is 49.4 Å². The molecule has 0 radical (unpaired) electrons. The van der Waals surface area contributed by atoms with E-state index >= 15 is 0 Å². The first-order valence-electron chi connectivity index (χ1n) is 7.87. The van der Waals surface area contributed by atoms with E-state index in [4.69, 9.17) is 12.2 Å². The Morgan fingerprint density at radius 2 is 2.04 bits per heavy atom. The van der Waals surface area contributed by atoms with Gasteiger partial charge in [0.2, 0.25) is 5.91 Å². The first-order chi connectivity index (χ1) is 12.5. The zero-order chi connectivity index (χ0) is 18.5. The molecule has 2 amide bonds. The molecule has 1 saturated heterocycles. The van der Waals surface area contributed by atoms with Gasteiger partial charge >= 0.3 is 0 Å². The third kappa shape index (κ3) is 5.03. The van der Waals surface area contributed by atoms with Gasteiger partial charge in [0.05, 0.1) is 4.91 Å². The molecule has 0 spiro atoms. The van der Waals surface area contributed by atoms with Crippen molar-refractivity contribution in [2.75, 3.05) is 11.9 Å². The fourth-order valence-corrected chi connectivity index (χ4v) is 4.65. The van der Waals surface area contributed by atoms with Crippen LogP contribution in [0.25, 0.3) is 6.08 Å². The number of hydrogen-bond acceptors (Lipinski definition) is 5. The molecule has 1 fully saturated rings. The lowest BCUT2D eigenvalue weighted by Gasteiger charge is -2.14. The molecule has 2 heterocycles. The molecule has 0 unspecified atom stereocenters. The predicted octanol–water partition coefficient (Wildman–Crippen LogP) is 5.13. The van der Waals surface area contributed by atoms with Gasteiger partial charge in [-0.15, -0.1) is 11.3 Å². The van der Waals surface area contributed by atoms with Crippen LogP contribution >= 0.6 is 51.2 Å². The quantitative estimate of drug-likeness (QED) is 0.473. The average Bonchev–Trinajstić information content (AvgIpc) is 3.21. The largest absolute Gasteiger partial charge is 0.326 e. The van der Waals surface area contributed by atoms with Gasteiger partial charge in [0.1, 0.15) is 4.32 Å². The molecule has 1 aliphatic rings. The Morgan fingerprint density at radius 3 is 2.73 bits per heavy atom. The zero-order valence-corrected chi connectivity index (χ0v) is 17.6. The van der Waals surface area contributed by atoms with Crippen LogP contribution < -0.4 is 5.32 Å². The number of nitrogens with one attached hydrogen (secondary N) is 1. The Bertz CT molecular complexity index is 848. The minimum absolute atomic E-state index is 0.0770. The molecule has 0 bridgehead atoms. The number of carbonyl (C=O) groups is 2. The molecule has 1 aromatic heterocycles. The predicted molar refractivity (Wildman–Crippen MR) is 116 cm³/mol. The molecular formula is C18H15BrN2O2S3. The lowest BCUT2D eigenvalue weighted by Crippen LogP contribution is -2.29. The van der Waals surface area contributed by atoms with E-state index in [1.165, 1.54) is 11.8 Å². The maximum atomic E-state index is 12.5. The lowest BCUT2D eigenvalue weighted by molar-refractivity contribution is -0.122. The van der Waals surface area contributed by atoms with Crippen LogP contribution in [0.4, 0.5) is 5.69 Å². The molecule has 1 aliphatic heterocycles. The highest BCUT2D eigenvalue weighted by Crippen LogP contribution is 2.33. The third-order valence-corrected chi connectivity index (χ3v) is 6.33. The molecular weight excluding hydrogens is 452 g/mol. The van der Waals surface area contributed by atoms with Crippen molar-refractivity contribution < 1.29 is 9.59 Å². The highest BCUT2D eigenvalue weighted by molar-refractivity contribution is 9.10. The Hall–Kier alpha value is -1.48. The Morgan fingerprint density at radius 1 is 1.27 bits per heavy atom. The van der Waals surface area contributed by atoms with Gasteiger partial charge in [0.25, 0.3) is 5.91 Å². The summed E-state index contributed by atoms with van der Waals surface area (Å²) in [6, 6.07) is 11.3. The van der Waals surface area contributed by atoms with Crippen LogP contribution in [0.2, 0.25) is 0 Å². The molecule has 0 aliphatic carbocycles. The Kier molecular flexibility index (Phi) is 6.63. The van der Waals surface area contributed by atoms with E-state index < -0.39 is 0 Å². The number of thiophene rings is 1. The SMILES string of the molecule is O=C(CCCN1C(=O)/C(=C\c2cccs2)SC1=S)Nc1ccc(Br)cc1. The molecule has 2 aromatic rings. The van der Waals surface area contributed by atoms with E-state index in [1.807, 2.05) is 47.9 Å². The molecule has 8 heteroatoms. The zero-order valence-electron chi connectivity index (χ0n) is 13.6. The average molecular weight is 467 g/mol. The molecule has 0 saturated carbocycles. The lowest BCUT2D eigenvalue weighted by atomic mass is 10.2. The van der Waals surface area contributed by atoms with E-state index in [-0.39, 0.29) is 11.8 Å². The van der Waals surface area contributed by atoms with Crippen molar-refractivity contribution in [2.45, 2.75) is 12.8 Å². The number of thiocarbonyl (C=S) groups is 1. The molecule has 4 nitrogen and oxygen atoms in total. The van der Waals surface area contributed by atoms with Crippen molar-refractivity contribution in [3.8, 4) is 0 Å². The van der Waals surface area contributed by atoms with Crippen molar-refractivity contribution in [1.29, 1.82) is 0 Å². The highest BCUT2D eigenvalue weighted by Gasteiger charge is 2.31. The van der Waals surface area contributed by atoms with Gasteiger partial charge in [-0.2, -0.15) is 0 Å².